The van der Waals surface area contributed by atoms with Crippen molar-refractivity contribution in [1.29, 1.82) is 0 Å². The highest BCUT2D eigenvalue weighted by molar-refractivity contribution is 5.76. The number of carbonyl (C=O) groups excluding carboxylic acids is 1. The second-order valence-electron chi connectivity index (χ2n) is 5.35. The Balaban J connectivity index is 1.85. The van der Waals surface area contributed by atoms with Gasteiger partial charge in [0.15, 0.2) is 0 Å². The number of ether oxygens (including phenoxy) is 1. The Morgan fingerprint density at radius 2 is 2.18 bits per heavy atom. The van der Waals surface area contributed by atoms with E-state index in [0.717, 1.165) is 18.8 Å². The topological polar surface area (TPSA) is 42.4 Å². The molecule has 0 unspecified atom stereocenters. The number of esters is 1. The SMILES string of the molecule is CC(C)(C)OC(=O)C1CN(c2cccnc2)C1. The molecule has 2 rings (SSSR count). The first-order valence-electron chi connectivity index (χ1n) is 5.83. The summed E-state index contributed by atoms with van der Waals surface area (Å²) >= 11 is 0. The van der Waals surface area contributed by atoms with Gasteiger partial charge in [0.2, 0.25) is 0 Å². The summed E-state index contributed by atoms with van der Waals surface area (Å²) in [4.78, 5) is 17.9. The molecule has 0 saturated carbocycles. The minimum Gasteiger partial charge on any atom is -0.460 e. The van der Waals surface area contributed by atoms with Crippen molar-refractivity contribution in [1.82, 2.24) is 4.98 Å². The normalized spacial score (nSPS) is 16.5. The van der Waals surface area contributed by atoms with Gasteiger partial charge in [-0.05, 0) is 32.9 Å². The van der Waals surface area contributed by atoms with Crippen LogP contribution in [0.2, 0.25) is 0 Å². The zero-order chi connectivity index (χ0) is 12.5. The molecule has 1 saturated heterocycles. The van der Waals surface area contributed by atoms with Crippen LogP contribution in [0.25, 0.3) is 0 Å². The van der Waals surface area contributed by atoms with Gasteiger partial charge in [-0.1, -0.05) is 0 Å². The Bertz CT molecular complexity index is 392. The Morgan fingerprint density at radius 3 is 2.71 bits per heavy atom. The molecule has 0 atom stereocenters. The van der Waals surface area contributed by atoms with Crippen molar-refractivity contribution in [2.24, 2.45) is 5.92 Å². The third-order valence-electron chi connectivity index (χ3n) is 2.63. The van der Waals surface area contributed by atoms with E-state index in [1.807, 2.05) is 39.1 Å². The molecule has 92 valence electrons. The number of hydrogen-bond donors (Lipinski definition) is 0. The first-order chi connectivity index (χ1) is 7.96. The standard InChI is InChI=1S/C13H18N2O2/c1-13(2,3)17-12(16)10-8-15(9-10)11-5-4-6-14-7-11/h4-7,10H,8-9H2,1-3H3. The largest absolute Gasteiger partial charge is 0.460 e. The van der Waals surface area contributed by atoms with Crippen LogP contribution in [0.3, 0.4) is 0 Å². The zero-order valence-corrected chi connectivity index (χ0v) is 10.5. The Hall–Kier alpha value is -1.58. The van der Waals surface area contributed by atoms with Gasteiger partial charge in [-0.15, -0.1) is 0 Å². The van der Waals surface area contributed by atoms with Crippen LogP contribution in [0.4, 0.5) is 5.69 Å². The van der Waals surface area contributed by atoms with E-state index in [4.69, 9.17) is 4.74 Å². The number of rotatable bonds is 2. The fraction of sp³-hybridized carbons (Fsp3) is 0.538. The number of hydrogen-bond acceptors (Lipinski definition) is 4. The van der Waals surface area contributed by atoms with Gasteiger partial charge < -0.3 is 9.64 Å². The van der Waals surface area contributed by atoms with Crippen LogP contribution in [-0.2, 0) is 9.53 Å². The first-order valence-corrected chi connectivity index (χ1v) is 5.83. The van der Waals surface area contributed by atoms with Gasteiger partial charge in [0.1, 0.15) is 5.60 Å². The maximum Gasteiger partial charge on any atom is 0.313 e. The predicted molar refractivity (Wildman–Crippen MR) is 65.8 cm³/mol. The molecule has 0 radical (unpaired) electrons. The number of nitrogens with zero attached hydrogens (tertiary/aromatic N) is 2. The van der Waals surface area contributed by atoms with Gasteiger partial charge in [0.25, 0.3) is 0 Å². The molecule has 0 N–H and O–H groups in total. The van der Waals surface area contributed by atoms with Gasteiger partial charge >= 0.3 is 5.97 Å². The lowest BCUT2D eigenvalue weighted by molar-refractivity contribution is -0.160. The van der Waals surface area contributed by atoms with E-state index >= 15 is 0 Å². The second-order valence-corrected chi connectivity index (χ2v) is 5.35. The van der Waals surface area contributed by atoms with Crippen LogP contribution in [-0.4, -0.2) is 29.6 Å². The summed E-state index contributed by atoms with van der Waals surface area (Å²) < 4.78 is 5.34. The van der Waals surface area contributed by atoms with Crippen molar-refractivity contribution in [3.63, 3.8) is 0 Å². The van der Waals surface area contributed by atoms with Crippen LogP contribution in [0.5, 0.6) is 0 Å². The minimum absolute atomic E-state index is 0.00516. The molecule has 1 aromatic rings. The third-order valence-corrected chi connectivity index (χ3v) is 2.63. The van der Waals surface area contributed by atoms with Gasteiger partial charge in [-0.3, -0.25) is 9.78 Å². The Kier molecular flexibility index (Phi) is 3.05. The highest BCUT2D eigenvalue weighted by Crippen LogP contribution is 2.25. The lowest BCUT2D eigenvalue weighted by Crippen LogP contribution is -2.52. The van der Waals surface area contributed by atoms with Crippen molar-refractivity contribution in [2.45, 2.75) is 26.4 Å². The van der Waals surface area contributed by atoms with E-state index in [1.54, 1.807) is 6.20 Å². The molecule has 1 fully saturated rings. The van der Waals surface area contributed by atoms with Crippen molar-refractivity contribution >= 4 is 11.7 Å². The lowest BCUT2D eigenvalue weighted by Gasteiger charge is -2.40. The number of anilines is 1. The molecule has 0 spiro atoms. The highest BCUT2D eigenvalue weighted by atomic mass is 16.6. The van der Waals surface area contributed by atoms with Crippen LogP contribution < -0.4 is 4.90 Å². The summed E-state index contributed by atoms with van der Waals surface area (Å²) in [5.74, 6) is -0.105. The number of aromatic nitrogens is 1. The van der Waals surface area contributed by atoms with Gasteiger partial charge in [0, 0.05) is 19.3 Å². The van der Waals surface area contributed by atoms with Crippen molar-refractivity contribution in [3.8, 4) is 0 Å². The Labute approximate surface area is 102 Å². The van der Waals surface area contributed by atoms with E-state index in [2.05, 4.69) is 9.88 Å². The summed E-state index contributed by atoms with van der Waals surface area (Å²) in [5, 5.41) is 0. The first kappa shape index (κ1) is 11.9. The van der Waals surface area contributed by atoms with Crippen molar-refractivity contribution in [3.05, 3.63) is 24.5 Å². The minimum atomic E-state index is -0.397. The molecule has 0 bridgehead atoms. The molecule has 1 aromatic heterocycles. The molecule has 0 aliphatic carbocycles. The highest BCUT2D eigenvalue weighted by Gasteiger charge is 2.35. The predicted octanol–water partition coefficient (Wildman–Crippen LogP) is 1.86. The quantitative estimate of drug-likeness (QED) is 0.732. The molecule has 2 heterocycles. The molecule has 0 aromatic carbocycles. The molecular formula is C13H18N2O2. The van der Waals surface area contributed by atoms with Gasteiger partial charge in [-0.2, -0.15) is 0 Å². The fourth-order valence-corrected chi connectivity index (χ4v) is 1.76. The average molecular weight is 234 g/mol. The van der Waals surface area contributed by atoms with Crippen LogP contribution in [0.1, 0.15) is 20.8 Å². The fourth-order valence-electron chi connectivity index (χ4n) is 1.76. The zero-order valence-electron chi connectivity index (χ0n) is 10.5. The molecule has 1 aliphatic rings. The van der Waals surface area contributed by atoms with Crippen molar-refractivity contribution < 1.29 is 9.53 Å². The summed E-state index contributed by atoms with van der Waals surface area (Å²) in [6, 6.07) is 3.90. The maximum absolute atomic E-state index is 11.8. The van der Waals surface area contributed by atoms with Gasteiger partial charge in [-0.25, -0.2) is 0 Å². The van der Waals surface area contributed by atoms with Crippen LogP contribution in [0.15, 0.2) is 24.5 Å². The monoisotopic (exact) mass is 234 g/mol. The van der Waals surface area contributed by atoms with Crippen LogP contribution >= 0.6 is 0 Å². The number of pyridine rings is 1. The second kappa shape index (κ2) is 4.35. The van der Waals surface area contributed by atoms with E-state index in [-0.39, 0.29) is 11.9 Å². The molecule has 1 aliphatic heterocycles. The number of carbonyl (C=O) groups is 1. The molecular weight excluding hydrogens is 216 g/mol. The van der Waals surface area contributed by atoms with E-state index in [0.29, 0.717) is 0 Å². The molecule has 4 nitrogen and oxygen atoms in total. The van der Waals surface area contributed by atoms with Crippen LogP contribution in [0, 0.1) is 5.92 Å². The lowest BCUT2D eigenvalue weighted by atomic mass is 9.99. The van der Waals surface area contributed by atoms with E-state index < -0.39 is 5.60 Å². The average Bonchev–Trinajstić information content (AvgIpc) is 2.14. The maximum atomic E-state index is 11.8. The molecule has 17 heavy (non-hydrogen) atoms. The van der Waals surface area contributed by atoms with Gasteiger partial charge in [0.05, 0.1) is 17.8 Å². The molecule has 0 amide bonds. The Morgan fingerprint density at radius 1 is 1.47 bits per heavy atom. The van der Waals surface area contributed by atoms with E-state index in [9.17, 15) is 4.79 Å². The molecule has 4 heteroatoms. The summed E-state index contributed by atoms with van der Waals surface area (Å²) in [6.45, 7) is 7.12. The summed E-state index contributed by atoms with van der Waals surface area (Å²) in [5.41, 5.74) is 0.665. The summed E-state index contributed by atoms with van der Waals surface area (Å²) in [6.07, 6.45) is 3.56. The van der Waals surface area contributed by atoms with Crippen molar-refractivity contribution in [2.75, 3.05) is 18.0 Å². The smallest absolute Gasteiger partial charge is 0.313 e. The summed E-state index contributed by atoms with van der Waals surface area (Å²) in [7, 11) is 0. The third kappa shape index (κ3) is 2.96. The van der Waals surface area contributed by atoms with E-state index in [1.165, 1.54) is 0 Å².